The number of benzene rings is 3. The summed E-state index contributed by atoms with van der Waals surface area (Å²) >= 11 is 0. The average molecular weight is 632 g/mol. The lowest BCUT2D eigenvalue weighted by Gasteiger charge is -2.40. The molecule has 3 aromatic carbocycles. The molecule has 5 aliphatic rings. The first-order chi connectivity index (χ1) is 22.3. The molecule has 0 radical (unpaired) electrons. The largest absolute Gasteiger partial charge is 0.508 e. The zero-order valence-corrected chi connectivity index (χ0v) is 25.7. The molecule has 9 rings (SSSR count). The van der Waals surface area contributed by atoms with E-state index in [1.54, 1.807) is 6.07 Å². The van der Waals surface area contributed by atoms with Crippen molar-refractivity contribution >= 4 is 27.5 Å². The molecule has 4 saturated heterocycles. The van der Waals surface area contributed by atoms with Gasteiger partial charge in [-0.1, -0.05) is 25.1 Å². The summed E-state index contributed by atoms with van der Waals surface area (Å²) in [6.45, 7) is 4.16. The number of nitrogens with one attached hydrogen (secondary N) is 1. The molecule has 0 spiro atoms. The molecule has 1 aromatic heterocycles. The maximum atomic E-state index is 17.1. The monoisotopic (exact) mass is 631 g/mol. The van der Waals surface area contributed by atoms with E-state index in [0.29, 0.717) is 42.5 Å². The molecule has 0 aliphatic carbocycles. The molecule has 46 heavy (non-hydrogen) atoms. The van der Waals surface area contributed by atoms with Crippen LogP contribution in [0.1, 0.15) is 44.6 Å². The predicted octanol–water partition coefficient (Wildman–Crippen LogP) is 5.65. The Morgan fingerprint density at radius 2 is 2.02 bits per heavy atom. The first-order valence-electron chi connectivity index (χ1n) is 16.5. The van der Waals surface area contributed by atoms with Crippen molar-refractivity contribution in [1.29, 1.82) is 0 Å². The van der Waals surface area contributed by atoms with E-state index in [1.807, 2.05) is 25.1 Å². The number of aromatic nitrogens is 2. The number of rotatable bonds is 5. The van der Waals surface area contributed by atoms with Crippen LogP contribution in [0.2, 0.25) is 0 Å². The van der Waals surface area contributed by atoms with Crippen molar-refractivity contribution in [3.63, 3.8) is 0 Å². The topological polar surface area (TPSA) is 83.0 Å². The van der Waals surface area contributed by atoms with Gasteiger partial charge < -0.3 is 24.8 Å². The number of aryl methyl sites for hydroxylation is 1. The maximum Gasteiger partial charge on any atom is 0.319 e. The van der Waals surface area contributed by atoms with Crippen LogP contribution in [-0.4, -0.2) is 82.7 Å². The standard InChI is InChI=1S/C35H36F3N5O3/c1-2-18-5-3-6-19-11-22(44)12-23(26(18)19)27-29(37)31-28-32(30(27)38)45-16-25-24-8-7-21(39-24)15-43(25)33(28)41-34(40-31)46-17-35-9-4-10-42(35)14-20(36)13-35/h3,5-6,11-12,20-21,24-25,39,44H,2,4,7-10,13-17H2,1H3. The Morgan fingerprint density at radius 3 is 2.89 bits per heavy atom. The first-order valence-corrected chi connectivity index (χ1v) is 16.5. The van der Waals surface area contributed by atoms with Gasteiger partial charge in [0.25, 0.3) is 0 Å². The number of aromatic hydroxyl groups is 1. The Morgan fingerprint density at radius 1 is 1.13 bits per heavy atom. The van der Waals surface area contributed by atoms with Gasteiger partial charge in [0.1, 0.15) is 36.5 Å². The van der Waals surface area contributed by atoms with Crippen LogP contribution in [0, 0.1) is 11.6 Å². The van der Waals surface area contributed by atoms with E-state index >= 15 is 8.78 Å². The zero-order valence-electron chi connectivity index (χ0n) is 25.7. The molecule has 11 heteroatoms. The van der Waals surface area contributed by atoms with Crippen molar-refractivity contribution in [2.75, 3.05) is 37.7 Å². The van der Waals surface area contributed by atoms with Crippen molar-refractivity contribution in [2.24, 2.45) is 0 Å². The van der Waals surface area contributed by atoms with Crippen LogP contribution in [0.4, 0.5) is 19.0 Å². The molecule has 8 nitrogen and oxygen atoms in total. The summed E-state index contributed by atoms with van der Waals surface area (Å²) in [5.74, 6) is -1.52. The lowest BCUT2D eigenvalue weighted by molar-refractivity contribution is 0.107. The van der Waals surface area contributed by atoms with Crippen molar-refractivity contribution in [2.45, 2.75) is 75.3 Å². The Hall–Kier alpha value is -3.83. The quantitative estimate of drug-likeness (QED) is 0.293. The molecular formula is C35H36F3N5O3. The van der Waals surface area contributed by atoms with Crippen LogP contribution in [0.5, 0.6) is 17.5 Å². The minimum atomic E-state index is -0.920. The molecule has 6 heterocycles. The molecule has 0 saturated carbocycles. The Kier molecular flexibility index (Phi) is 6.38. The molecule has 240 valence electrons. The minimum Gasteiger partial charge on any atom is -0.508 e. The number of hydrogen-bond acceptors (Lipinski definition) is 8. The smallest absolute Gasteiger partial charge is 0.319 e. The molecular weight excluding hydrogens is 595 g/mol. The third-order valence-electron chi connectivity index (χ3n) is 11.1. The summed E-state index contributed by atoms with van der Waals surface area (Å²) in [7, 11) is 0. The van der Waals surface area contributed by atoms with E-state index in [9.17, 15) is 9.50 Å². The van der Waals surface area contributed by atoms with Crippen molar-refractivity contribution < 1.29 is 27.8 Å². The van der Waals surface area contributed by atoms with E-state index < -0.39 is 23.3 Å². The van der Waals surface area contributed by atoms with Gasteiger partial charge in [0, 0.05) is 31.6 Å². The summed E-state index contributed by atoms with van der Waals surface area (Å²) in [6.07, 6.45) is 3.80. The third kappa shape index (κ3) is 4.13. The number of halogens is 3. The zero-order chi connectivity index (χ0) is 31.3. The summed E-state index contributed by atoms with van der Waals surface area (Å²) in [5.41, 5.74) is 0.276. The second-order valence-corrected chi connectivity index (χ2v) is 13.7. The van der Waals surface area contributed by atoms with Crippen LogP contribution >= 0.6 is 0 Å². The van der Waals surface area contributed by atoms with Crippen LogP contribution in [0.3, 0.4) is 0 Å². The molecule has 2 N–H and O–H groups in total. The van der Waals surface area contributed by atoms with Gasteiger partial charge in [0.15, 0.2) is 17.4 Å². The lowest BCUT2D eigenvalue weighted by Crippen LogP contribution is -2.60. The Balaban J connectivity index is 1.26. The summed E-state index contributed by atoms with van der Waals surface area (Å²) in [6, 6.07) is 8.80. The molecule has 2 bridgehead atoms. The fourth-order valence-electron chi connectivity index (χ4n) is 9.01. The van der Waals surface area contributed by atoms with Gasteiger partial charge in [-0.3, -0.25) is 4.90 Å². The predicted molar refractivity (Wildman–Crippen MR) is 169 cm³/mol. The van der Waals surface area contributed by atoms with Gasteiger partial charge in [-0.05, 0) is 72.7 Å². The highest BCUT2D eigenvalue weighted by Gasteiger charge is 2.50. The summed E-state index contributed by atoms with van der Waals surface area (Å²) in [5, 5.41) is 15.9. The van der Waals surface area contributed by atoms with E-state index in [2.05, 4.69) is 20.1 Å². The molecule has 4 fully saturated rings. The van der Waals surface area contributed by atoms with Gasteiger partial charge in [0.05, 0.1) is 22.5 Å². The highest BCUT2D eigenvalue weighted by molar-refractivity contribution is 6.05. The number of anilines is 1. The van der Waals surface area contributed by atoms with Crippen LogP contribution in [0.25, 0.3) is 32.8 Å². The van der Waals surface area contributed by atoms with Crippen LogP contribution in [0.15, 0.2) is 30.3 Å². The van der Waals surface area contributed by atoms with E-state index in [0.717, 1.165) is 37.8 Å². The van der Waals surface area contributed by atoms with Gasteiger partial charge in [0.2, 0.25) is 0 Å². The van der Waals surface area contributed by atoms with E-state index in [-0.39, 0.29) is 70.9 Å². The minimum absolute atomic E-state index is 0.0185. The number of hydrogen-bond donors (Lipinski definition) is 2. The van der Waals surface area contributed by atoms with Gasteiger partial charge >= 0.3 is 6.01 Å². The highest BCUT2D eigenvalue weighted by Crippen LogP contribution is 2.48. The fraction of sp³-hybridized carbons (Fsp3) is 0.486. The van der Waals surface area contributed by atoms with Gasteiger partial charge in [-0.15, -0.1) is 0 Å². The van der Waals surface area contributed by atoms with Crippen molar-refractivity contribution in [3.05, 3.63) is 47.5 Å². The number of alkyl halides is 1. The van der Waals surface area contributed by atoms with Crippen LogP contribution in [-0.2, 0) is 6.42 Å². The number of nitrogens with zero attached hydrogens (tertiary/aromatic N) is 4. The lowest BCUT2D eigenvalue weighted by atomic mass is 9.91. The summed E-state index contributed by atoms with van der Waals surface area (Å²) in [4.78, 5) is 13.7. The molecule has 5 atom stereocenters. The summed E-state index contributed by atoms with van der Waals surface area (Å²) < 4.78 is 61.2. The number of phenolic OH excluding ortho intramolecular Hbond substituents is 1. The third-order valence-corrected chi connectivity index (χ3v) is 11.1. The number of piperazine rings is 1. The first kappa shape index (κ1) is 28.4. The average Bonchev–Trinajstić information content (AvgIpc) is 3.67. The van der Waals surface area contributed by atoms with E-state index in [1.165, 1.54) is 6.07 Å². The number of ether oxygens (including phenoxy) is 2. The van der Waals surface area contributed by atoms with Gasteiger partial charge in [-0.25, -0.2) is 13.2 Å². The number of fused-ring (bicyclic) bond motifs is 7. The fourth-order valence-corrected chi connectivity index (χ4v) is 9.01. The molecule has 0 amide bonds. The van der Waals surface area contributed by atoms with Crippen LogP contribution < -0.4 is 19.7 Å². The maximum absolute atomic E-state index is 17.1. The van der Waals surface area contributed by atoms with Gasteiger partial charge in [-0.2, -0.15) is 9.97 Å². The normalized spacial score (nSPS) is 28.4. The van der Waals surface area contributed by atoms with Crippen molar-refractivity contribution in [1.82, 2.24) is 20.2 Å². The SMILES string of the molecule is CCc1cccc2cc(O)cc(-c3c(F)c4c5c(nc(OCC67CCCN6CC(F)C7)nc5c3F)N3CC5CCC(N5)C3CO4)c12. The molecule has 4 aromatic rings. The molecule has 5 unspecified atom stereocenters. The van der Waals surface area contributed by atoms with E-state index in [4.69, 9.17) is 14.5 Å². The Bertz CT molecular complexity index is 1910. The second kappa shape index (κ2) is 10.3. The van der Waals surface area contributed by atoms with Crippen molar-refractivity contribution in [3.8, 4) is 28.6 Å². The number of phenols is 1. The molecule has 5 aliphatic heterocycles. The highest BCUT2D eigenvalue weighted by atomic mass is 19.1. The second-order valence-electron chi connectivity index (χ2n) is 13.7. The Labute approximate surface area is 264 Å².